The van der Waals surface area contributed by atoms with Gasteiger partial charge in [-0.3, -0.25) is 14.3 Å². The first-order valence-corrected chi connectivity index (χ1v) is 10.2. The van der Waals surface area contributed by atoms with Gasteiger partial charge in [-0.25, -0.2) is 4.68 Å². The summed E-state index contributed by atoms with van der Waals surface area (Å²) in [7, 11) is 0. The lowest BCUT2D eigenvalue weighted by Crippen LogP contribution is -2.47. The van der Waals surface area contributed by atoms with Crippen LogP contribution in [0, 0.1) is 0 Å². The third-order valence-corrected chi connectivity index (χ3v) is 5.66. The Labute approximate surface area is 170 Å². The van der Waals surface area contributed by atoms with Crippen LogP contribution in [0.3, 0.4) is 0 Å². The minimum atomic E-state index is -0.245. The van der Waals surface area contributed by atoms with Crippen LogP contribution in [-0.2, 0) is 11.3 Å². The maximum Gasteiger partial charge on any atom is 0.275 e. The van der Waals surface area contributed by atoms with Gasteiger partial charge in [-0.15, -0.1) is 0 Å². The summed E-state index contributed by atoms with van der Waals surface area (Å²) < 4.78 is 4.10. The second-order valence-electron chi connectivity index (χ2n) is 7.57. The van der Waals surface area contributed by atoms with Gasteiger partial charge in [0.2, 0.25) is 5.91 Å². The summed E-state index contributed by atoms with van der Waals surface area (Å²) in [5.74, 6) is -0.0575. The maximum atomic E-state index is 12.8. The zero-order valence-electron chi connectivity index (χ0n) is 15.8. The smallest absolute Gasteiger partial charge is 0.275 e. The lowest BCUT2D eigenvalue weighted by Gasteiger charge is -2.35. The Bertz CT molecular complexity index is 1070. The molecule has 1 fully saturated rings. The van der Waals surface area contributed by atoms with Crippen LogP contribution in [0.1, 0.15) is 44.3 Å². The van der Waals surface area contributed by atoms with E-state index in [0.29, 0.717) is 11.4 Å². The molecule has 0 bridgehead atoms. The maximum absolute atomic E-state index is 12.8. The van der Waals surface area contributed by atoms with E-state index in [9.17, 15) is 9.59 Å². The SMILES string of the molecule is CC(C)c1nn(CC(=O)NC2CC(n3cccn3)C2)c(=O)c2ccc(Br)cc12. The largest absolute Gasteiger partial charge is 0.352 e. The number of nitrogens with one attached hydrogen (secondary N) is 1. The molecule has 4 rings (SSSR count). The second kappa shape index (κ2) is 7.50. The summed E-state index contributed by atoms with van der Waals surface area (Å²) in [6.07, 6.45) is 5.39. The Hall–Kier alpha value is -2.48. The Morgan fingerprint density at radius 1 is 1.32 bits per heavy atom. The van der Waals surface area contributed by atoms with Gasteiger partial charge in [-0.05, 0) is 43.0 Å². The molecule has 2 aromatic heterocycles. The van der Waals surface area contributed by atoms with Gasteiger partial charge >= 0.3 is 0 Å². The topological polar surface area (TPSA) is 81.8 Å². The Kier molecular flexibility index (Phi) is 5.05. The average molecular weight is 444 g/mol. The van der Waals surface area contributed by atoms with Gasteiger partial charge in [-0.2, -0.15) is 10.2 Å². The van der Waals surface area contributed by atoms with Gasteiger partial charge in [0, 0.05) is 28.3 Å². The highest BCUT2D eigenvalue weighted by atomic mass is 79.9. The molecule has 1 aromatic carbocycles. The van der Waals surface area contributed by atoms with Gasteiger partial charge in [0.15, 0.2) is 0 Å². The molecule has 0 spiro atoms. The first kappa shape index (κ1) is 18.9. The van der Waals surface area contributed by atoms with E-state index >= 15 is 0 Å². The number of carbonyl (C=O) groups is 1. The fourth-order valence-corrected chi connectivity index (χ4v) is 4.01. The third-order valence-electron chi connectivity index (χ3n) is 5.17. The van der Waals surface area contributed by atoms with E-state index in [-0.39, 0.29) is 30.0 Å². The van der Waals surface area contributed by atoms with Crippen molar-refractivity contribution in [2.75, 3.05) is 0 Å². The lowest BCUT2D eigenvalue weighted by molar-refractivity contribution is -0.123. The standard InChI is InChI=1S/C20H22BrN5O2/c1-12(2)19-17-8-13(21)4-5-16(17)20(28)26(24-19)11-18(27)23-14-9-15(10-14)25-7-3-6-22-25/h3-8,12,14-15H,9-11H2,1-2H3,(H,23,27). The van der Waals surface area contributed by atoms with Crippen molar-refractivity contribution in [3.63, 3.8) is 0 Å². The molecule has 0 saturated heterocycles. The molecule has 0 aliphatic heterocycles. The van der Waals surface area contributed by atoms with E-state index in [4.69, 9.17) is 0 Å². The van der Waals surface area contributed by atoms with Crippen molar-refractivity contribution in [1.82, 2.24) is 24.9 Å². The van der Waals surface area contributed by atoms with Gasteiger partial charge in [0.25, 0.3) is 5.56 Å². The van der Waals surface area contributed by atoms with E-state index in [1.807, 2.05) is 42.9 Å². The molecule has 28 heavy (non-hydrogen) atoms. The molecular formula is C20H22BrN5O2. The van der Waals surface area contributed by atoms with Crippen molar-refractivity contribution in [3.05, 3.63) is 57.2 Å². The molecule has 3 aromatic rings. The fourth-order valence-electron chi connectivity index (χ4n) is 3.64. The van der Waals surface area contributed by atoms with Crippen LogP contribution in [0.4, 0.5) is 0 Å². The highest BCUT2D eigenvalue weighted by Gasteiger charge is 2.32. The summed E-state index contributed by atoms with van der Waals surface area (Å²) in [5.41, 5.74) is 0.566. The van der Waals surface area contributed by atoms with Crippen molar-refractivity contribution in [3.8, 4) is 0 Å². The monoisotopic (exact) mass is 443 g/mol. The highest BCUT2D eigenvalue weighted by molar-refractivity contribution is 9.10. The number of hydrogen-bond donors (Lipinski definition) is 1. The summed E-state index contributed by atoms with van der Waals surface area (Å²) in [6, 6.07) is 7.86. The Morgan fingerprint density at radius 3 is 2.79 bits per heavy atom. The number of benzene rings is 1. The number of amides is 1. The second-order valence-corrected chi connectivity index (χ2v) is 8.48. The van der Waals surface area contributed by atoms with E-state index in [1.165, 1.54) is 4.68 Å². The first-order valence-electron chi connectivity index (χ1n) is 9.41. The molecule has 0 atom stereocenters. The Balaban J connectivity index is 1.50. The van der Waals surface area contributed by atoms with Gasteiger partial charge in [-0.1, -0.05) is 29.8 Å². The third kappa shape index (κ3) is 3.61. The Morgan fingerprint density at radius 2 is 2.11 bits per heavy atom. The van der Waals surface area contributed by atoms with Crippen LogP contribution >= 0.6 is 15.9 Å². The number of hydrogen-bond acceptors (Lipinski definition) is 4. The quantitative estimate of drug-likeness (QED) is 0.656. The van der Waals surface area contributed by atoms with E-state index in [2.05, 4.69) is 31.4 Å². The lowest BCUT2D eigenvalue weighted by atomic mass is 9.87. The minimum absolute atomic E-state index is 0.0759. The van der Waals surface area contributed by atoms with E-state index < -0.39 is 0 Å². The first-order chi connectivity index (χ1) is 13.4. The number of fused-ring (bicyclic) bond motifs is 1. The van der Waals surface area contributed by atoms with Crippen molar-refractivity contribution >= 4 is 32.6 Å². The average Bonchev–Trinajstić information content (AvgIpc) is 3.13. The van der Waals surface area contributed by atoms with Crippen molar-refractivity contribution in [1.29, 1.82) is 0 Å². The number of rotatable bonds is 5. The summed E-state index contributed by atoms with van der Waals surface area (Å²) in [5, 5.41) is 13.1. The fraction of sp³-hybridized carbons (Fsp3) is 0.400. The highest BCUT2D eigenvalue weighted by Crippen LogP contribution is 2.31. The molecule has 0 radical (unpaired) electrons. The molecule has 1 saturated carbocycles. The predicted molar refractivity (Wildman–Crippen MR) is 110 cm³/mol. The van der Waals surface area contributed by atoms with Crippen LogP contribution in [-0.4, -0.2) is 31.5 Å². The zero-order valence-corrected chi connectivity index (χ0v) is 17.4. The molecule has 1 aliphatic rings. The summed E-state index contributed by atoms with van der Waals surface area (Å²) in [4.78, 5) is 25.3. The van der Waals surface area contributed by atoms with Gasteiger partial charge in [0.1, 0.15) is 6.54 Å². The van der Waals surface area contributed by atoms with Crippen molar-refractivity contribution < 1.29 is 4.79 Å². The molecule has 146 valence electrons. The summed E-state index contributed by atoms with van der Waals surface area (Å²) >= 11 is 3.45. The predicted octanol–water partition coefficient (Wildman–Crippen LogP) is 3.00. The normalized spacial score (nSPS) is 19.0. The molecule has 2 heterocycles. The minimum Gasteiger partial charge on any atom is -0.352 e. The number of nitrogens with zero attached hydrogens (tertiary/aromatic N) is 4. The van der Waals surface area contributed by atoms with Crippen LogP contribution in [0.2, 0.25) is 0 Å². The molecule has 8 heteroatoms. The number of carbonyl (C=O) groups excluding carboxylic acids is 1. The van der Waals surface area contributed by atoms with Crippen LogP contribution < -0.4 is 10.9 Å². The van der Waals surface area contributed by atoms with Crippen molar-refractivity contribution in [2.24, 2.45) is 0 Å². The van der Waals surface area contributed by atoms with E-state index in [0.717, 1.165) is 28.4 Å². The summed E-state index contributed by atoms with van der Waals surface area (Å²) in [6.45, 7) is 3.98. The van der Waals surface area contributed by atoms with Crippen LogP contribution in [0.5, 0.6) is 0 Å². The molecule has 1 aliphatic carbocycles. The molecule has 7 nitrogen and oxygen atoms in total. The molecule has 0 unspecified atom stereocenters. The number of aromatic nitrogens is 4. The van der Waals surface area contributed by atoms with Gasteiger partial charge in [0.05, 0.1) is 17.1 Å². The van der Waals surface area contributed by atoms with Gasteiger partial charge < -0.3 is 5.32 Å². The van der Waals surface area contributed by atoms with Crippen LogP contribution in [0.15, 0.2) is 45.9 Å². The molecule has 1 N–H and O–H groups in total. The van der Waals surface area contributed by atoms with Crippen LogP contribution in [0.25, 0.3) is 10.8 Å². The molecule has 1 amide bonds. The molecular weight excluding hydrogens is 422 g/mol. The number of halogens is 1. The van der Waals surface area contributed by atoms with E-state index in [1.54, 1.807) is 12.3 Å². The zero-order chi connectivity index (χ0) is 19.8. The van der Waals surface area contributed by atoms with Crippen molar-refractivity contribution in [2.45, 2.75) is 51.2 Å².